The summed E-state index contributed by atoms with van der Waals surface area (Å²) < 4.78 is 0. The van der Waals surface area contributed by atoms with Crippen molar-refractivity contribution < 1.29 is 0 Å². The first-order valence-corrected chi connectivity index (χ1v) is 10.7. The van der Waals surface area contributed by atoms with Crippen LogP contribution in [0.5, 0.6) is 0 Å². The van der Waals surface area contributed by atoms with Gasteiger partial charge in [0.25, 0.3) is 0 Å². The summed E-state index contributed by atoms with van der Waals surface area (Å²) in [6.07, 6.45) is 1.90. The molecule has 3 aromatic carbocycles. The summed E-state index contributed by atoms with van der Waals surface area (Å²) in [7, 11) is 0. The summed E-state index contributed by atoms with van der Waals surface area (Å²) >= 11 is 0. The van der Waals surface area contributed by atoms with E-state index in [1.807, 2.05) is 12.3 Å². The van der Waals surface area contributed by atoms with E-state index < -0.39 is 0 Å². The number of hydrogen-bond acceptors (Lipinski definition) is 2. The van der Waals surface area contributed by atoms with E-state index in [4.69, 9.17) is 9.98 Å². The molecule has 0 aliphatic rings. The van der Waals surface area contributed by atoms with Crippen molar-refractivity contribution >= 4 is 22.7 Å². The summed E-state index contributed by atoms with van der Waals surface area (Å²) in [6, 6.07) is 27.5. The van der Waals surface area contributed by atoms with Gasteiger partial charge in [-0.3, -0.25) is 4.99 Å². The first-order chi connectivity index (χ1) is 14.5. The molecule has 1 aromatic heterocycles. The summed E-state index contributed by atoms with van der Waals surface area (Å²) in [5.41, 5.74) is 6.63. The van der Waals surface area contributed by atoms with Gasteiger partial charge in [0.05, 0.1) is 23.3 Å². The summed E-state index contributed by atoms with van der Waals surface area (Å²) in [6.45, 7) is 8.88. The molecule has 0 atom stereocenters. The SMILES string of the molecule is CC(C)c1cccc(C(C)C)c1N=Cc1cccc(-c2cccc3ccccc23)n1. The Kier molecular flexibility index (Phi) is 5.76. The lowest BCUT2D eigenvalue weighted by molar-refractivity contribution is 0.835. The Morgan fingerprint density at radius 1 is 0.700 bits per heavy atom. The van der Waals surface area contributed by atoms with Gasteiger partial charge in [-0.2, -0.15) is 0 Å². The van der Waals surface area contributed by atoms with Gasteiger partial charge in [0, 0.05) is 5.56 Å². The number of benzene rings is 3. The molecular formula is C28H28N2. The summed E-state index contributed by atoms with van der Waals surface area (Å²) in [5, 5.41) is 2.44. The highest BCUT2D eigenvalue weighted by atomic mass is 14.8. The van der Waals surface area contributed by atoms with Crippen LogP contribution in [-0.2, 0) is 0 Å². The summed E-state index contributed by atoms with van der Waals surface area (Å²) in [4.78, 5) is 9.84. The predicted octanol–water partition coefficient (Wildman–Crippen LogP) is 7.90. The third kappa shape index (κ3) is 4.04. The van der Waals surface area contributed by atoms with Crippen LogP contribution in [0, 0.1) is 0 Å². The average molecular weight is 393 g/mol. The molecule has 0 saturated carbocycles. The second-order valence-electron chi connectivity index (χ2n) is 8.33. The molecule has 0 unspecified atom stereocenters. The molecule has 0 N–H and O–H groups in total. The molecule has 30 heavy (non-hydrogen) atoms. The Bertz CT molecular complexity index is 1170. The monoisotopic (exact) mass is 392 g/mol. The Morgan fingerprint density at radius 3 is 2.07 bits per heavy atom. The fraction of sp³-hybridized carbons (Fsp3) is 0.214. The number of pyridine rings is 1. The minimum Gasteiger partial charge on any atom is -0.254 e. The van der Waals surface area contributed by atoms with Crippen molar-refractivity contribution in [2.24, 2.45) is 4.99 Å². The Hall–Kier alpha value is -3.26. The minimum atomic E-state index is 0.422. The first kappa shape index (κ1) is 20.0. The van der Waals surface area contributed by atoms with Crippen LogP contribution in [0.3, 0.4) is 0 Å². The smallest absolute Gasteiger partial charge is 0.0820 e. The van der Waals surface area contributed by atoms with Crippen molar-refractivity contribution in [3.05, 3.63) is 95.7 Å². The van der Waals surface area contributed by atoms with Gasteiger partial charge in [-0.15, -0.1) is 0 Å². The first-order valence-electron chi connectivity index (χ1n) is 10.7. The van der Waals surface area contributed by atoms with Crippen LogP contribution < -0.4 is 0 Å². The molecule has 0 saturated heterocycles. The number of rotatable bonds is 5. The third-order valence-corrected chi connectivity index (χ3v) is 5.50. The van der Waals surface area contributed by atoms with Crippen molar-refractivity contribution in [2.75, 3.05) is 0 Å². The standard InChI is InChI=1S/C28H28N2/c1-19(2)23-14-9-15-24(20(3)4)28(23)29-18-22-12-8-17-27(30-22)26-16-7-11-21-10-5-6-13-25(21)26/h5-20H,1-4H3. The van der Waals surface area contributed by atoms with E-state index in [0.717, 1.165) is 22.6 Å². The average Bonchev–Trinajstić information content (AvgIpc) is 2.77. The van der Waals surface area contributed by atoms with E-state index in [-0.39, 0.29) is 0 Å². The lowest BCUT2D eigenvalue weighted by Crippen LogP contribution is -1.96. The second kappa shape index (κ2) is 8.62. The van der Waals surface area contributed by atoms with Gasteiger partial charge in [0.2, 0.25) is 0 Å². The molecule has 0 fully saturated rings. The second-order valence-corrected chi connectivity index (χ2v) is 8.33. The summed E-state index contributed by atoms with van der Waals surface area (Å²) in [5.74, 6) is 0.844. The van der Waals surface area contributed by atoms with Crippen molar-refractivity contribution in [2.45, 2.75) is 39.5 Å². The van der Waals surface area contributed by atoms with Gasteiger partial charge in [-0.05, 0) is 45.9 Å². The lowest BCUT2D eigenvalue weighted by atomic mass is 9.93. The maximum absolute atomic E-state index is 4.93. The van der Waals surface area contributed by atoms with Crippen LogP contribution in [0.4, 0.5) is 5.69 Å². The van der Waals surface area contributed by atoms with Crippen molar-refractivity contribution in [1.29, 1.82) is 0 Å². The number of para-hydroxylation sites is 1. The molecule has 0 spiro atoms. The molecule has 150 valence electrons. The van der Waals surface area contributed by atoms with E-state index >= 15 is 0 Å². The highest BCUT2D eigenvalue weighted by Gasteiger charge is 2.13. The van der Waals surface area contributed by atoms with Crippen LogP contribution in [0.25, 0.3) is 22.0 Å². The number of hydrogen-bond donors (Lipinski definition) is 0. The zero-order chi connectivity index (χ0) is 21.1. The Morgan fingerprint density at radius 2 is 1.33 bits per heavy atom. The molecule has 0 amide bonds. The van der Waals surface area contributed by atoms with Gasteiger partial charge in [0.15, 0.2) is 0 Å². The molecule has 0 aliphatic carbocycles. The number of nitrogens with zero attached hydrogens (tertiary/aromatic N) is 2. The van der Waals surface area contributed by atoms with E-state index in [1.54, 1.807) is 0 Å². The van der Waals surface area contributed by atoms with Gasteiger partial charge in [-0.25, -0.2) is 4.98 Å². The number of aliphatic imine (C=N–C) groups is 1. The number of fused-ring (bicyclic) bond motifs is 1. The van der Waals surface area contributed by atoms with Gasteiger partial charge in [0.1, 0.15) is 0 Å². The van der Waals surface area contributed by atoms with Gasteiger partial charge in [-0.1, -0.05) is 94.4 Å². The van der Waals surface area contributed by atoms with Crippen molar-refractivity contribution in [1.82, 2.24) is 4.98 Å². The maximum atomic E-state index is 4.93. The zero-order valence-electron chi connectivity index (χ0n) is 18.1. The van der Waals surface area contributed by atoms with E-state index in [0.29, 0.717) is 11.8 Å². The highest BCUT2D eigenvalue weighted by molar-refractivity contribution is 5.96. The molecule has 0 radical (unpaired) electrons. The van der Waals surface area contributed by atoms with Crippen LogP contribution in [-0.4, -0.2) is 11.2 Å². The van der Waals surface area contributed by atoms with Gasteiger partial charge < -0.3 is 0 Å². The molecular weight excluding hydrogens is 364 g/mol. The fourth-order valence-corrected chi connectivity index (χ4v) is 3.91. The molecule has 4 rings (SSSR count). The number of aromatic nitrogens is 1. The Balaban J connectivity index is 1.75. The molecule has 1 heterocycles. The van der Waals surface area contributed by atoms with Crippen molar-refractivity contribution in [3.63, 3.8) is 0 Å². The van der Waals surface area contributed by atoms with E-state index in [9.17, 15) is 0 Å². The van der Waals surface area contributed by atoms with Crippen molar-refractivity contribution in [3.8, 4) is 11.3 Å². The van der Waals surface area contributed by atoms with E-state index in [1.165, 1.54) is 21.9 Å². The molecule has 0 aliphatic heterocycles. The largest absolute Gasteiger partial charge is 0.254 e. The quantitative estimate of drug-likeness (QED) is 0.317. The normalized spacial score (nSPS) is 11.8. The van der Waals surface area contributed by atoms with Gasteiger partial charge >= 0.3 is 0 Å². The maximum Gasteiger partial charge on any atom is 0.0820 e. The molecule has 0 bridgehead atoms. The molecule has 4 aromatic rings. The molecule has 2 heteroatoms. The topological polar surface area (TPSA) is 25.2 Å². The van der Waals surface area contributed by atoms with Crippen LogP contribution in [0.2, 0.25) is 0 Å². The fourth-order valence-electron chi connectivity index (χ4n) is 3.91. The van der Waals surface area contributed by atoms with Crippen LogP contribution >= 0.6 is 0 Å². The molecule has 2 nitrogen and oxygen atoms in total. The zero-order valence-corrected chi connectivity index (χ0v) is 18.1. The van der Waals surface area contributed by atoms with Crippen LogP contribution in [0.1, 0.15) is 56.4 Å². The lowest BCUT2D eigenvalue weighted by Gasteiger charge is -2.16. The van der Waals surface area contributed by atoms with E-state index in [2.05, 4.69) is 100 Å². The van der Waals surface area contributed by atoms with Crippen LogP contribution in [0.15, 0.2) is 83.9 Å². The predicted molar refractivity (Wildman–Crippen MR) is 129 cm³/mol. The highest BCUT2D eigenvalue weighted by Crippen LogP contribution is 2.34. The third-order valence-electron chi connectivity index (χ3n) is 5.50. The Labute approximate surface area is 179 Å². The minimum absolute atomic E-state index is 0.422.